The summed E-state index contributed by atoms with van der Waals surface area (Å²) in [5.74, 6) is -2.66. The van der Waals surface area contributed by atoms with Gasteiger partial charge in [-0.2, -0.15) is 15.1 Å². The number of nitrogen functional groups attached to an aromatic ring is 1. The maximum absolute atomic E-state index is 14.4. The fourth-order valence-corrected chi connectivity index (χ4v) is 7.63. The Balaban J connectivity index is 1.25. The van der Waals surface area contributed by atoms with Gasteiger partial charge in [-0.05, 0) is 50.2 Å². The maximum atomic E-state index is 14.4. The smallest absolute Gasteiger partial charge is 0.459 e. The molecule has 2 aromatic carbocycles. The van der Waals surface area contributed by atoms with Gasteiger partial charge in [0.25, 0.3) is 0 Å². The second kappa shape index (κ2) is 14.5. The predicted molar refractivity (Wildman–Crippen MR) is 184 cm³/mol. The zero-order valence-corrected chi connectivity index (χ0v) is 30.1. The summed E-state index contributed by atoms with van der Waals surface area (Å²) in [4.78, 5) is 29.9. The fraction of sp³-hybridized carbons (Fsp3) is 0.323. The summed E-state index contributed by atoms with van der Waals surface area (Å²) in [5, 5.41) is 25.8. The molecule has 270 valence electrons. The number of methoxy groups -OCH3 is 1. The average molecular weight is 842 g/mol. The number of benzene rings is 2. The zero-order valence-electron chi connectivity index (χ0n) is 27.1. The van der Waals surface area contributed by atoms with E-state index in [1.165, 1.54) is 31.6 Å². The van der Waals surface area contributed by atoms with Crippen LogP contribution in [0, 0.1) is 15.5 Å². The first kappa shape index (κ1) is 36.7. The minimum absolute atomic E-state index is 0.0776. The van der Waals surface area contributed by atoms with Crippen LogP contribution in [0.4, 0.5) is 14.7 Å². The molecule has 0 bridgehead atoms. The van der Waals surface area contributed by atoms with Crippen molar-refractivity contribution >= 4 is 64.3 Å². The number of aliphatic hydroxyl groups excluding tert-OH is 1. The van der Waals surface area contributed by atoms with Gasteiger partial charge in [0.15, 0.2) is 21.2 Å². The van der Waals surface area contributed by atoms with E-state index < -0.39 is 68.6 Å². The summed E-state index contributed by atoms with van der Waals surface area (Å²) in [6.45, 7) is 1.46. The Bertz CT molecular complexity index is 2150. The van der Waals surface area contributed by atoms with E-state index in [1.54, 1.807) is 30.5 Å². The van der Waals surface area contributed by atoms with Crippen LogP contribution in [0.5, 0.6) is 11.6 Å². The minimum atomic E-state index is -4.58. The van der Waals surface area contributed by atoms with E-state index in [4.69, 9.17) is 29.0 Å². The van der Waals surface area contributed by atoms with Crippen LogP contribution in [0.1, 0.15) is 25.6 Å². The van der Waals surface area contributed by atoms with Crippen LogP contribution in [0.25, 0.3) is 22.1 Å². The highest BCUT2D eigenvalue weighted by Gasteiger charge is 2.55. The van der Waals surface area contributed by atoms with Crippen molar-refractivity contribution in [3.63, 3.8) is 0 Å². The number of nitrogens with zero attached hydrogens (tertiary/aromatic N) is 5. The second-order valence-corrected chi connectivity index (χ2v) is 14.3. The number of hydrogen-bond donors (Lipinski definition) is 4. The van der Waals surface area contributed by atoms with Crippen molar-refractivity contribution in [3.05, 3.63) is 75.8 Å². The standard InChI is InChI=1S/C31H31F2IN7O9P/c1-15(27(43)47-13-16-9-10-17(32)12-19(16)33)40-51(45,50-21-8-4-7-20-18(21)6-5-11-36-20)48-14-22-24(42)31(2,44)28(49-22)41-25-23(37-29(41)34)26(46-3)39-30(35)38-25/h4-12,15,22,24,28,42,44H,13-14H2,1-3H3,(H,40,45)(H2,35,38,39)/t15-,22+,24+,28?,31+,51?/m0/s1. The molecule has 2 unspecified atom stereocenters. The molecule has 0 saturated carbocycles. The van der Waals surface area contributed by atoms with Gasteiger partial charge in [0.05, 0.1) is 19.2 Å². The summed E-state index contributed by atoms with van der Waals surface area (Å²) in [6.07, 6.45) is -2.70. The van der Waals surface area contributed by atoms with Crippen molar-refractivity contribution in [2.45, 2.75) is 50.5 Å². The number of carbonyl (C=O) groups excluding carboxylic acids is 1. The molecule has 3 aromatic heterocycles. The number of ether oxygens (including phenoxy) is 3. The third-order valence-corrected chi connectivity index (χ3v) is 10.4. The number of hydrogen-bond acceptors (Lipinski definition) is 14. The maximum Gasteiger partial charge on any atom is 0.459 e. The number of rotatable bonds is 12. The lowest BCUT2D eigenvalue weighted by atomic mass is 9.96. The summed E-state index contributed by atoms with van der Waals surface area (Å²) in [5.41, 5.74) is 4.68. The molecule has 1 fully saturated rings. The SMILES string of the molecule is COc1nc(N)nc2c1nc(I)n2C1O[C@H](COP(=O)(N[C@@H](C)C(=O)OCc2ccc(F)cc2F)Oc2cccc3ncccc23)[C@@H](O)[C@@]1(C)O. The number of anilines is 1. The van der Waals surface area contributed by atoms with Crippen LogP contribution in [-0.2, 0) is 30.0 Å². The highest BCUT2D eigenvalue weighted by molar-refractivity contribution is 14.1. The number of nitrogens with one attached hydrogen (secondary N) is 1. The molecule has 1 aliphatic heterocycles. The summed E-state index contributed by atoms with van der Waals surface area (Å²) in [7, 11) is -3.21. The molecule has 0 aliphatic carbocycles. The number of aliphatic hydroxyl groups is 2. The van der Waals surface area contributed by atoms with E-state index in [1.807, 2.05) is 22.6 Å². The largest absolute Gasteiger partial charge is 0.479 e. The number of esters is 1. The van der Waals surface area contributed by atoms with Crippen LogP contribution < -0.4 is 20.1 Å². The van der Waals surface area contributed by atoms with Gasteiger partial charge in [-0.3, -0.25) is 18.9 Å². The molecular formula is C31H31F2IN7O9P. The van der Waals surface area contributed by atoms with Crippen molar-refractivity contribution in [2.75, 3.05) is 19.5 Å². The third kappa shape index (κ3) is 7.46. The highest BCUT2D eigenvalue weighted by Crippen LogP contribution is 2.49. The first-order valence-corrected chi connectivity index (χ1v) is 17.8. The first-order valence-electron chi connectivity index (χ1n) is 15.2. The van der Waals surface area contributed by atoms with Crippen molar-refractivity contribution in [3.8, 4) is 11.6 Å². The van der Waals surface area contributed by atoms with Crippen LogP contribution in [0.3, 0.4) is 0 Å². The molecule has 0 amide bonds. The molecule has 6 atom stereocenters. The number of aromatic nitrogens is 5. The Kier molecular flexibility index (Phi) is 10.4. The average Bonchev–Trinajstić information content (AvgIpc) is 3.52. The number of halogens is 3. The Morgan fingerprint density at radius 1 is 1.22 bits per heavy atom. The van der Waals surface area contributed by atoms with E-state index in [0.29, 0.717) is 17.0 Å². The lowest BCUT2D eigenvalue weighted by Crippen LogP contribution is -2.45. The molecule has 6 rings (SSSR count). The van der Waals surface area contributed by atoms with E-state index in [-0.39, 0.29) is 38.1 Å². The molecule has 5 N–H and O–H groups in total. The minimum Gasteiger partial charge on any atom is -0.479 e. The molecule has 5 aromatic rings. The Morgan fingerprint density at radius 2 is 2.00 bits per heavy atom. The van der Waals surface area contributed by atoms with Crippen LogP contribution in [0.15, 0.2) is 54.7 Å². The molecule has 1 saturated heterocycles. The molecule has 20 heteroatoms. The van der Waals surface area contributed by atoms with E-state index >= 15 is 0 Å². The third-order valence-electron chi connectivity index (χ3n) is 7.99. The van der Waals surface area contributed by atoms with E-state index in [0.717, 1.165) is 12.1 Å². The van der Waals surface area contributed by atoms with Crippen LogP contribution >= 0.6 is 30.3 Å². The Hall–Kier alpha value is -4.11. The fourth-order valence-electron chi connectivity index (χ4n) is 5.39. The molecule has 4 heterocycles. The van der Waals surface area contributed by atoms with Gasteiger partial charge in [-0.15, -0.1) is 0 Å². The van der Waals surface area contributed by atoms with Crippen molar-refractivity contribution in [2.24, 2.45) is 0 Å². The summed E-state index contributed by atoms with van der Waals surface area (Å²) >= 11 is 1.89. The van der Waals surface area contributed by atoms with Gasteiger partial charge in [0, 0.05) is 45.8 Å². The summed E-state index contributed by atoms with van der Waals surface area (Å²) in [6, 6.07) is 9.57. The molecule has 0 spiro atoms. The number of fused-ring (bicyclic) bond motifs is 2. The van der Waals surface area contributed by atoms with Crippen molar-refractivity contribution in [1.29, 1.82) is 0 Å². The topological polar surface area (TPSA) is 215 Å². The quantitative estimate of drug-likeness (QED) is 0.0609. The van der Waals surface area contributed by atoms with Gasteiger partial charge in [0.1, 0.15) is 47.8 Å². The molecular weight excluding hydrogens is 810 g/mol. The van der Waals surface area contributed by atoms with E-state index in [9.17, 15) is 28.4 Å². The molecule has 16 nitrogen and oxygen atoms in total. The Labute approximate surface area is 302 Å². The number of carbonyl (C=O) groups is 1. The number of nitrogens with two attached hydrogens (primary N) is 1. The van der Waals surface area contributed by atoms with Gasteiger partial charge in [-0.25, -0.2) is 18.3 Å². The van der Waals surface area contributed by atoms with Gasteiger partial charge in [-0.1, -0.05) is 6.07 Å². The zero-order chi connectivity index (χ0) is 36.7. The normalized spacial score (nSPS) is 22.2. The first-order chi connectivity index (χ1) is 24.2. The molecule has 51 heavy (non-hydrogen) atoms. The van der Waals surface area contributed by atoms with Crippen LogP contribution in [-0.4, -0.2) is 78.3 Å². The summed E-state index contributed by atoms with van der Waals surface area (Å²) < 4.78 is 71.8. The van der Waals surface area contributed by atoms with E-state index in [2.05, 4.69) is 25.0 Å². The van der Waals surface area contributed by atoms with Gasteiger partial charge in [0.2, 0.25) is 11.8 Å². The monoisotopic (exact) mass is 841 g/mol. The predicted octanol–water partition coefficient (Wildman–Crippen LogP) is 3.78. The molecule has 1 aliphatic rings. The van der Waals surface area contributed by atoms with Crippen molar-refractivity contribution < 1.29 is 51.6 Å². The number of imidazole rings is 1. The lowest BCUT2D eigenvalue weighted by molar-refractivity contribution is -0.146. The lowest BCUT2D eigenvalue weighted by Gasteiger charge is -2.28. The Morgan fingerprint density at radius 3 is 2.75 bits per heavy atom. The highest BCUT2D eigenvalue weighted by atomic mass is 127. The van der Waals surface area contributed by atoms with Gasteiger partial charge >= 0.3 is 13.7 Å². The van der Waals surface area contributed by atoms with Gasteiger partial charge < -0.3 is 34.7 Å². The molecule has 0 radical (unpaired) electrons. The number of pyridine rings is 1. The van der Waals surface area contributed by atoms with Crippen LogP contribution in [0.2, 0.25) is 0 Å². The van der Waals surface area contributed by atoms with Crippen molar-refractivity contribution in [1.82, 2.24) is 29.6 Å². The second-order valence-electron chi connectivity index (χ2n) is 11.6.